The molecule has 20 heavy (non-hydrogen) atoms. The number of aromatic nitrogens is 3. The third-order valence-corrected chi connectivity index (χ3v) is 3.76. The van der Waals surface area contributed by atoms with Crippen molar-refractivity contribution in [3.8, 4) is 0 Å². The number of pyridine rings is 1. The molecule has 0 spiro atoms. The molecule has 0 fully saturated rings. The number of oxime groups is 1. The molecule has 3 aromatic rings. The van der Waals surface area contributed by atoms with E-state index in [4.69, 9.17) is 5.73 Å². The predicted molar refractivity (Wildman–Crippen MR) is 78.2 cm³/mol. The van der Waals surface area contributed by atoms with Crippen LogP contribution in [0.4, 0.5) is 5.95 Å². The van der Waals surface area contributed by atoms with E-state index in [1.54, 1.807) is 24.5 Å². The van der Waals surface area contributed by atoms with Crippen molar-refractivity contribution >= 4 is 33.2 Å². The fourth-order valence-electron chi connectivity index (χ4n) is 1.99. The van der Waals surface area contributed by atoms with Crippen LogP contribution < -0.4 is 5.73 Å². The standard InChI is InChI=1S/C13H11N5OS/c1-7-6-9-11(16-13(14)17-12(9)20-7)10(18-19)8-2-4-15-5-3-8/h2-6,19H,1H3,(H2,14,16,17)/b18-10+. The topological polar surface area (TPSA) is 97.3 Å². The SMILES string of the molecule is Cc1cc2c(/C(=N/O)c3ccncc3)nc(N)nc2s1. The van der Waals surface area contributed by atoms with E-state index >= 15 is 0 Å². The second-order valence-corrected chi connectivity index (χ2v) is 5.43. The van der Waals surface area contributed by atoms with E-state index in [0.717, 1.165) is 15.1 Å². The van der Waals surface area contributed by atoms with Gasteiger partial charge in [-0.05, 0) is 25.1 Å². The Hall–Kier alpha value is -2.54. The van der Waals surface area contributed by atoms with Crippen LogP contribution in [0.2, 0.25) is 0 Å². The smallest absolute Gasteiger partial charge is 0.222 e. The molecule has 0 amide bonds. The molecule has 0 aliphatic rings. The number of nitrogens with two attached hydrogens (primary N) is 1. The number of nitrogens with zero attached hydrogens (tertiary/aromatic N) is 4. The fourth-order valence-corrected chi connectivity index (χ4v) is 2.88. The Morgan fingerprint density at radius 2 is 2.05 bits per heavy atom. The van der Waals surface area contributed by atoms with Crippen LogP contribution in [0.5, 0.6) is 0 Å². The molecule has 7 heteroatoms. The lowest BCUT2D eigenvalue weighted by Gasteiger charge is -2.05. The molecule has 0 atom stereocenters. The van der Waals surface area contributed by atoms with Gasteiger partial charge in [-0.3, -0.25) is 4.98 Å². The number of fused-ring (bicyclic) bond motifs is 1. The predicted octanol–water partition coefficient (Wildman–Crippen LogP) is 2.20. The molecule has 0 aromatic carbocycles. The Labute approximate surface area is 118 Å². The maximum atomic E-state index is 9.36. The summed E-state index contributed by atoms with van der Waals surface area (Å²) in [6.07, 6.45) is 3.25. The zero-order valence-corrected chi connectivity index (χ0v) is 11.4. The van der Waals surface area contributed by atoms with E-state index in [0.29, 0.717) is 17.0 Å². The molecule has 0 radical (unpaired) electrons. The number of nitrogen functional groups attached to an aromatic ring is 1. The van der Waals surface area contributed by atoms with Gasteiger partial charge < -0.3 is 10.9 Å². The van der Waals surface area contributed by atoms with E-state index in [9.17, 15) is 5.21 Å². The van der Waals surface area contributed by atoms with Gasteiger partial charge in [0, 0.05) is 28.2 Å². The molecule has 0 unspecified atom stereocenters. The third kappa shape index (κ3) is 2.08. The molecule has 0 bridgehead atoms. The van der Waals surface area contributed by atoms with Gasteiger partial charge >= 0.3 is 0 Å². The number of hydrogen-bond donors (Lipinski definition) is 2. The zero-order valence-electron chi connectivity index (χ0n) is 10.6. The average Bonchev–Trinajstić information content (AvgIpc) is 2.81. The van der Waals surface area contributed by atoms with Crippen LogP contribution in [-0.4, -0.2) is 25.9 Å². The molecule has 3 N–H and O–H groups in total. The van der Waals surface area contributed by atoms with E-state index in [-0.39, 0.29) is 5.95 Å². The fraction of sp³-hybridized carbons (Fsp3) is 0.0769. The molecular formula is C13H11N5OS. The highest BCUT2D eigenvalue weighted by molar-refractivity contribution is 7.18. The summed E-state index contributed by atoms with van der Waals surface area (Å²) in [6.45, 7) is 1.98. The number of anilines is 1. The molecule has 0 aliphatic carbocycles. The van der Waals surface area contributed by atoms with Crippen LogP contribution in [0, 0.1) is 6.92 Å². The Balaban J connectivity index is 2.27. The molecule has 3 rings (SSSR count). The van der Waals surface area contributed by atoms with E-state index < -0.39 is 0 Å². The van der Waals surface area contributed by atoms with Gasteiger partial charge in [-0.15, -0.1) is 11.3 Å². The van der Waals surface area contributed by atoms with Crippen molar-refractivity contribution in [3.63, 3.8) is 0 Å². The molecule has 6 nitrogen and oxygen atoms in total. The number of rotatable bonds is 2. The van der Waals surface area contributed by atoms with Crippen LogP contribution in [0.1, 0.15) is 16.1 Å². The van der Waals surface area contributed by atoms with E-state index in [1.165, 1.54) is 11.3 Å². The van der Waals surface area contributed by atoms with Crippen molar-refractivity contribution in [1.82, 2.24) is 15.0 Å². The van der Waals surface area contributed by atoms with Crippen molar-refractivity contribution < 1.29 is 5.21 Å². The van der Waals surface area contributed by atoms with Crippen LogP contribution in [0.3, 0.4) is 0 Å². The minimum Gasteiger partial charge on any atom is -0.410 e. The van der Waals surface area contributed by atoms with Gasteiger partial charge in [-0.2, -0.15) is 0 Å². The second kappa shape index (κ2) is 4.86. The maximum absolute atomic E-state index is 9.36. The Bertz CT molecular complexity index is 797. The Morgan fingerprint density at radius 3 is 2.75 bits per heavy atom. The van der Waals surface area contributed by atoms with Crippen molar-refractivity contribution in [3.05, 3.63) is 46.7 Å². The number of aryl methyl sites for hydroxylation is 1. The first kappa shape index (κ1) is 12.5. The first-order chi connectivity index (χ1) is 9.69. The lowest BCUT2D eigenvalue weighted by atomic mass is 10.1. The summed E-state index contributed by atoms with van der Waals surface area (Å²) >= 11 is 1.52. The highest BCUT2D eigenvalue weighted by Crippen LogP contribution is 2.27. The highest BCUT2D eigenvalue weighted by Gasteiger charge is 2.16. The van der Waals surface area contributed by atoms with E-state index in [1.807, 2.05) is 13.0 Å². The molecule has 0 aliphatic heterocycles. The summed E-state index contributed by atoms with van der Waals surface area (Å²) in [7, 11) is 0. The van der Waals surface area contributed by atoms with E-state index in [2.05, 4.69) is 20.1 Å². The van der Waals surface area contributed by atoms with Crippen LogP contribution in [0.15, 0.2) is 35.7 Å². The molecule has 0 saturated heterocycles. The summed E-state index contributed by atoms with van der Waals surface area (Å²) in [5.41, 5.74) is 7.32. The van der Waals surface area contributed by atoms with Gasteiger partial charge in [0.15, 0.2) is 0 Å². The Morgan fingerprint density at radius 1 is 1.30 bits per heavy atom. The Kier molecular flexibility index (Phi) is 3.03. The van der Waals surface area contributed by atoms with Gasteiger partial charge in [-0.1, -0.05) is 5.16 Å². The van der Waals surface area contributed by atoms with Crippen LogP contribution >= 0.6 is 11.3 Å². The minimum absolute atomic E-state index is 0.157. The quantitative estimate of drug-likeness (QED) is 0.427. The molecule has 3 heterocycles. The van der Waals surface area contributed by atoms with Gasteiger partial charge in [0.1, 0.15) is 16.2 Å². The third-order valence-electron chi connectivity index (χ3n) is 2.81. The van der Waals surface area contributed by atoms with Gasteiger partial charge in [0.25, 0.3) is 0 Å². The molecule has 0 saturated carbocycles. The summed E-state index contributed by atoms with van der Waals surface area (Å²) in [4.78, 5) is 14.2. The van der Waals surface area contributed by atoms with Crippen molar-refractivity contribution in [2.45, 2.75) is 6.92 Å². The molecule has 3 aromatic heterocycles. The first-order valence-electron chi connectivity index (χ1n) is 5.85. The summed E-state index contributed by atoms with van der Waals surface area (Å²) < 4.78 is 0. The average molecular weight is 285 g/mol. The zero-order chi connectivity index (χ0) is 14.1. The summed E-state index contributed by atoms with van der Waals surface area (Å²) in [5, 5.41) is 13.6. The molecular weight excluding hydrogens is 274 g/mol. The van der Waals surface area contributed by atoms with Crippen molar-refractivity contribution in [2.24, 2.45) is 5.16 Å². The lowest BCUT2D eigenvalue weighted by molar-refractivity contribution is 0.319. The normalized spacial score (nSPS) is 11.9. The van der Waals surface area contributed by atoms with Gasteiger partial charge in [-0.25, -0.2) is 9.97 Å². The van der Waals surface area contributed by atoms with Gasteiger partial charge in [0.2, 0.25) is 5.95 Å². The largest absolute Gasteiger partial charge is 0.410 e. The van der Waals surface area contributed by atoms with Crippen molar-refractivity contribution in [1.29, 1.82) is 0 Å². The van der Waals surface area contributed by atoms with Crippen molar-refractivity contribution in [2.75, 3.05) is 5.73 Å². The monoisotopic (exact) mass is 285 g/mol. The maximum Gasteiger partial charge on any atom is 0.222 e. The second-order valence-electron chi connectivity index (χ2n) is 4.19. The van der Waals surface area contributed by atoms with Crippen LogP contribution in [0.25, 0.3) is 10.2 Å². The summed E-state index contributed by atoms with van der Waals surface area (Å²) in [6, 6.07) is 5.46. The lowest BCUT2D eigenvalue weighted by Crippen LogP contribution is -2.09. The summed E-state index contributed by atoms with van der Waals surface area (Å²) in [5.74, 6) is 0.157. The number of hydrogen-bond acceptors (Lipinski definition) is 7. The van der Waals surface area contributed by atoms with Gasteiger partial charge in [0.05, 0.1) is 0 Å². The highest BCUT2D eigenvalue weighted by atomic mass is 32.1. The first-order valence-corrected chi connectivity index (χ1v) is 6.67. The minimum atomic E-state index is 0.157. The number of thiophene rings is 1. The molecule has 100 valence electrons. The van der Waals surface area contributed by atoms with Crippen LogP contribution in [-0.2, 0) is 0 Å².